The smallest absolute Gasteiger partial charge is 0.315 e. The molecule has 1 amide bonds. The normalized spacial score (nSPS) is 12.1. The Balaban J connectivity index is 2.00. The molecule has 0 spiro atoms. The van der Waals surface area contributed by atoms with Crippen LogP contribution in [0, 0.1) is 5.92 Å². The van der Waals surface area contributed by atoms with Crippen molar-refractivity contribution in [1.29, 1.82) is 0 Å². The number of nitrogens with one attached hydrogen (secondary N) is 1. The second kappa shape index (κ2) is 6.14. The highest BCUT2D eigenvalue weighted by molar-refractivity contribution is 5.96. The van der Waals surface area contributed by atoms with Crippen molar-refractivity contribution in [2.75, 3.05) is 6.54 Å². The molecule has 0 saturated carbocycles. The summed E-state index contributed by atoms with van der Waals surface area (Å²) in [6.07, 6.45) is 2.35. The summed E-state index contributed by atoms with van der Waals surface area (Å²) < 4.78 is 0. The fourth-order valence-corrected chi connectivity index (χ4v) is 1.95. The third kappa shape index (κ3) is 3.12. The number of para-hydroxylation sites is 1. The second-order valence-corrected chi connectivity index (χ2v) is 4.59. The highest BCUT2D eigenvalue weighted by atomic mass is 16.4. The van der Waals surface area contributed by atoms with Gasteiger partial charge in [-0.25, -0.2) is 0 Å². The van der Waals surface area contributed by atoms with Crippen molar-refractivity contribution in [3.05, 3.63) is 42.1 Å². The number of aromatic nitrogens is 1. The summed E-state index contributed by atoms with van der Waals surface area (Å²) >= 11 is 0. The zero-order valence-electron chi connectivity index (χ0n) is 11.2. The minimum absolute atomic E-state index is 0.395. The van der Waals surface area contributed by atoms with Crippen molar-refractivity contribution < 1.29 is 14.7 Å². The van der Waals surface area contributed by atoms with Crippen molar-refractivity contribution in [1.82, 2.24) is 10.3 Å². The molecule has 0 aliphatic rings. The maximum absolute atomic E-state index is 11.5. The third-order valence-corrected chi connectivity index (χ3v) is 3.17. The molecule has 2 rings (SSSR count). The number of amides is 1. The van der Waals surface area contributed by atoms with Gasteiger partial charge in [0.1, 0.15) is 5.92 Å². The average Bonchev–Trinajstić information content (AvgIpc) is 2.46. The predicted octanol–water partition coefficient (Wildman–Crippen LogP) is 1.61. The maximum atomic E-state index is 11.5. The molecule has 0 radical (unpaired) electrons. The Hall–Kier alpha value is -2.43. The van der Waals surface area contributed by atoms with E-state index >= 15 is 0 Å². The van der Waals surface area contributed by atoms with Crippen LogP contribution in [0.5, 0.6) is 0 Å². The molecular formula is C15H16N2O3. The number of hydrogen-bond donors (Lipinski definition) is 2. The van der Waals surface area contributed by atoms with E-state index in [1.54, 1.807) is 6.20 Å². The van der Waals surface area contributed by atoms with Crippen LogP contribution >= 0.6 is 0 Å². The second-order valence-electron chi connectivity index (χ2n) is 4.59. The van der Waals surface area contributed by atoms with E-state index in [9.17, 15) is 9.59 Å². The quantitative estimate of drug-likeness (QED) is 0.810. The Morgan fingerprint density at radius 1 is 1.30 bits per heavy atom. The highest BCUT2D eigenvalue weighted by Gasteiger charge is 2.19. The minimum atomic E-state index is -1.12. The zero-order valence-corrected chi connectivity index (χ0v) is 11.2. The number of benzene rings is 1. The van der Waals surface area contributed by atoms with E-state index in [1.807, 2.05) is 30.3 Å². The van der Waals surface area contributed by atoms with Crippen molar-refractivity contribution in [3.63, 3.8) is 0 Å². The van der Waals surface area contributed by atoms with Gasteiger partial charge in [-0.1, -0.05) is 24.3 Å². The summed E-state index contributed by atoms with van der Waals surface area (Å²) in [5.41, 5.74) is 1.95. The van der Waals surface area contributed by atoms with Crippen LogP contribution in [-0.4, -0.2) is 28.5 Å². The van der Waals surface area contributed by atoms with Gasteiger partial charge in [-0.2, -0.15) is 0 Å². The topological polar surface area (TPSA) is 79.3 Å². The Morgan fingerprint density at radius 2 is 2.05 bits per heavy atom. The lowest BCUT2D eigenvalue weighted by Crippen LogP contribution is -2.34. The lowest BCUT2D eigenvalue weighted by atomic mass is 10.1. The molecule has 2 N–H and O–H groups in total. The van der Waals surface area contributed by atoms with Gasteiger partial charge in [-0.3, -0.25) is 14.6 Å². The number of hydrogen-bond acceptors (Lipinski definition) is 3. The van der Waals surface area contributed by atoms with Gasteiger partial charge >= 0.3 is 5.97 Å². The Labute approximate surface area is 116 Å². The first kappa shape index (κ1) is 14.0. The maximum Gasteiger partial charge on any atom is 0.315 e. The van der Waals surface area contributed by atoms with Crippen molar-refractivity contribution >= 4 is 22.8 Å². The fraction of sp³-hybridized carbons (Fsp3) is 0.267. The lowest BCUT2D eigenvalue weighted by molar-refractivity contribution is -0.146. The average molecular weight is 272 g/mol. The molecule has 5 nitrogen and oxygen atoms in total. The van der Waals surface area contributed by atoms with Crippen molar-refractivity contribution in [2.24, 2.45) is 5.92 Å². The van der Waals surface area contributed by atoms with Crippen LogP contribution in [0.3, 0.4) is 0 Å². The minimum Gasteiger partial charge on any atom is -0.481 e. The molecule has 0 bridgehead atoms. The van der Waals surface area contributed by atoms with Crippen LogP contribution in [0.25, 0.3) is 10.9 Å². The number of carboxylic acid groups (broad SMARTS) is 1. The molecule has 1 heterocycles. The summed E-state index contributed by atoms with van der Waals surface area (Å²) in [6.45, 7) is 1.77. The molecule has 20 heavy (non-hydrogen) atoms. The van der Waals surface area contributed by atoms with Gasteiger partial charge in [0.2, 0.25) is 5.91 Å². The largest absolute Gasteiger partial charge is 0.481 e. The van der Waals surface area contributed by atoms with Crippen molar-refractivity contribution in [2.45, 2.75) is 13.3 Å². The van der Waals surface area contributed by atoms with E-state index in [-0.39, 0.29) is 0 Å². The molecule has 104 valence electrons. The first-order chi connectivity index (χ1) is 9.59. The molecule has 1 unspecified atom stereocenters. The highest BCUT2D eigenvalue weighted by Crippen LogP contribution is 2.15. The standard InChI is InChI=1S/C15H16N2O3/c1-10(15(19)20)14(18)17-9-7-12-5-2-4-11-6-3-8-16-13(11)12/h2-6,8,10H,7,9H2,1H3,(H,17,18)(H,19,20). The van der Waals surface area contributed by atoms with Gasteiger partial charge in [0.15, 0.2) is 0 Å². The van der Waals surface area contributed by atoms with E-state index in [4.69, 9.17) is 5.11 Å². The Kier molecular flexibility index (Phi) is 4.30. The van der Waals surface area contributed by atoms with Gasteiger partial charge in [-0.15, -0.1) is 0 Å². The molecule has 1 aromatic heterocycles. The van der Waals surface area contributed by atoms with E-state index in [2.05, 4.69) is 10.3 Å². The van der Waals surface area contributed by atoms with Crippen LogP contribution in [0.15, 0.2) is 36.5 Å². The molecule has 0 saturated heterocycles. The molecular weight excluding hydrogens is 256 g/mol. The van der Waals surface area contributed by atoms with Gasteiger partial charge in [-0.05, 0) is 25.0 Å². The number of fused-ring (bicyclic) bond motifs is 1. The fourth-order valence-electron chi connectivity index (χ4n) is 1.95. The summed E-state index contributed by atoms with van der Waals surface area (Å²) in [5, 5.41) is 12.4. The number of nitrogens with zero attached hydrogens (tertiary/aromatic N) is 1. The molecule has 0 aliphatic carbocycles. The molecule has 0 aliphatic heterocycles. The predicted molar refractivity (Wildman–Crippen MR) is 75.3 cm³/mol. The van der Waals surface area contributed by atoms with Crippen molar-refractivity contribution in [3.8, 4) is 0 Å². The monoisotopic (exact) mass is 272 g/mol. The zero-order chi connectivity index (χ0) is 14.5. The number of carbonyl (C=O) groups is 2. The van der Waals surface area contributed by atoms with Crippen LogP contribution in [0.1, 0.15) is 12.5 Å². The van der Waals surface area contributed by atoms with E-state index in [0.29, 0.717) is 13.0 Å². The summed E-state index contributed by atoms with van der Waals surface area (Å²) in [7, 11) is 0. The van der Waals surface area contributed by atoms with E-state index in [1.165, 1.54) is 6.92 Å². The number of carboxylic acids is 1. The first-order valence-electron chi connectivity index (χ1n) is 6.42. The van der Waals surface area contributed by atoms with E-state index in [0.717, 1.165) is 16.5 Å². The van der Waals surface area contributed by atoms with Crippen LogP contribution < -0.4 is 5.32 Å². The summed E-state index contributed by atoms with van der Waals surface area (Å²) in [4.78, 5) is 26.5. The molecule has 0 fully saturated rings. The Bertz CT molecular complexity index is 635. The van der Waals surface area contributed by atoms with Crippen LogP contribution in [-0.2, 0) is 16.0 Å². The number of carbonyl (C=O) groups excluding carboxylic acids is 1. The van der Waals surface area contributed by atoms with Crippen LogP contribution in [0.2, 0.25) is 0 Å². The number of rotatable bonds is 5. The first-order valence-corrected chi connectivity index (χ1v) is 6.42. The summed E-state index contributed by atoms with van der Waals surface area (Å²) in [5.74, 6) is -2.61. The van der Waals surface area contributed by atoms with E-state index < -0.39 is 17.8 Å². The molecule has 2 aromatic rings. The third-order valence-electron chi connectivity index (χ3n) is 3.17. The number of pyridine rings is 1. The SMILES string of the molecule is CC(C(=O)O)C(=O)NCCc1cccc2cccnc12. The van der Waals surface area contributed by atoms with Gasteiger partial charge < -0.3 is 10.4 Å². The van der Waals surface area contributed by atoms with Gasteiger partial charge in [0.05, 0.1) is 5.52 Å². The Morgan fingerprint density at radius 3 is 2.80 bits per heavy atom. The molecule has 1 aromatic carbocycles. The molecule has 1 atom stereocenters. The summed E-state index contributed by atoms with van der Waals surface area (Å²) in [6, 6.07) is 9.75. The lowest BCUT2D eigenvalue weighted by Gasteiger charge is -2.09. The number of aliphatic carboxylic acids is 1. The van der Waals surface area contributed by atoms with Gasteiger partial charge in [0, 0.05) is 18.1 Å². The molecule has 5 heteroatoms. The van der Waals surface area contributed by atoms with Crippen LogP contribution in [0.4, 0.5) is 0 Å². The van der Waals surface area contributed by atoms with Gasteiger partial charge in [0.25, 0.3) is 0 Å².